The molecule has 0 aliphatic heterocycles. The van der Waals surface area contributed by atoms with E-state index in [2.05, 4.69) is 167 Å². The Kier molecular flexibility index (Phi) is 8.94. The molecule has 2 aliphatic carbocycles. The van der Waals surface area contributed by atoms with Crippen LogP contribution in [0.4, 0.5) is 0 Å². The van der Waals surface area contributed by atoms with Crippen LogP contribution in [0.15, 0.2) is 83.9 Å². The molecule has 0 bridgehead atoms. The second-order valence-electron chi connectivity index (χ2n) is 16.4. The van der Waals surface area contributed by atoms with Crippen molar-refractivity contribution in [2.45, 2.75) is 117 Å². The first-order valence-electron chi connectivity index (χ1n) is 18.1. The molecule has 0 heterocycles. The third-order valence-corrected chi connectivity index (χ3v) is 15.9. The fraction of sp³-hybridized carbons (Fsp3) is 0.391. The van der Waals surface area contributed by atoms with Gasteiger partial charge < -0.3 is 0 Å². The first-order valence-corrected chi connectivity index (χ1v) is 21.3. The summed E-state index contributed by atoms with van der Waals surface area (Å²) in [5, 5.41) is 0. The van der Waals surface area contributed by atoms with Crippen molar-refractivity contribution in [2.75, 3.05) is 0 Å². The van der Waals surface area contributed by atoms with Crippen LogP contribution in [0.1, 0.15) is 148 Å². The molecule has 244 valence electrons. The van der Waals surface area contributed by atoms with Gasteiger partial charge >= 0.3 is 0 Å². The maximum atomic E-state index is 2.66. The highest BCUT2D eigenvalue weighted by atomic mass is 28.3. The van der Waals surface area contributed by atoms with Crippen LogP contribution in [-0.2, 0) is 0 Å². The molecule has 2 aliphatic rings. The standard InChI is InChI=1S/C46H56Si/c1-27(2)33-19-21-37(41(25-33)29(5)6)35-15-13-17-39-43(35)23-31(9)45(39)47(11,12)46-32(10)24-44-36(16-14-18-40(44)46)38-22-20-34(28(3)4)26-42(38)30(7)8/h13-30,45-46H,1-12H3. The highest BCUT2D eigenvalue weighted by Crippen LogP contribution is 2.55. The fourth-order valence-corrected chi connectivity index (χ4v) is 14.0. The Hall–Kier alpha value is -3.42. The van der Waals surface area contributed by atoms with Crippen LogP contribution in [-0.4, -0.2) is 8.07 Å². The summed E-state index contributed by atoms with van der Waals surface area (Å²) in [7, 11) is -1.97. The van der Waals surface area contributed by atoms with Gasteiger partial charge in [-0.1, -0.05) is 165 Å². The van der Waals surface area contributed by atoms with Crippen LogP contribution < -0.4 is 0 Å². The first-order chi connectivity index (χ1) is 22.2. The summed E-state index contributed by atoms with van der Waals surface area (Å²) in [4.78, 5) is 0. The summed E-state index contributed by atoms with van der Waals surface area (Å²) in [5.41, 5.74) is 21.4. The van der Waals surface area contributed by atoms with Crippen LogP contribution in [0, 0.1) is 0 Å². The van der Waals surface area contributed by atoms with Gasteiger partial charge in [0.1, 0.15) is 0 Å². The molecule has 6 rings (SSSR count). The maximum absolute atomic E-state index is 2.66. The molecule has 0 saturated heterocycles. The van der Waals surface area contributed by atoms with Crippen molar-refractivity contribution in [3.8, 4) is 22.3 Å². The quantitative estimate of drug-likeness (QED) is 0.169. The van der Waals surface area contributed by atoms with Gasteiger partial charge in [-0.2, -0.15) is 0 Å². The summed E-state index contributed by atoms with van der Waals surface area (Å²) >= 11 is 0. The van der Waals surface area contributed by atoms with Crippen molar-refractivity contribution in [2.24, 2.45) is 0 Å². The minimum absolute atomic E-state index is 0.474. The van der Waals surface area contributed by atoms with E-state index >= 15 is 0 Å². The summed E-state index contributed by atoms with van der Waals surface area (Å²) in [6.45, 7) is 28.7. The molecule has 0 spiro atoms. The topological polar surface area (TPSA) is 0 Å². The normalized spacial score (nSPS) is 17.5. The van der Waals surface area contributed by atoms with Gasteiger partial charge in [-0.15, -0.1) is 0 Å². The lowest BCUT2D eigenvalue weighted by Crippen LogP contribution is -2.42. The second kappa shape index (κ2) is 12.6. The molecule has 1 heteroatoms. The molecule has 2 atom stereocenters. The van der Waals surface area contributed by atoms with E-state index in [9.17, 15) is 0 Å². The summed E-state index contributed by atoms with van der Waals surface area (Å²) in [5.74, 6) is 2.01. The molecule has 0 N–H and O–H groups in total. The lowest BCUT2D eigenvalue weighted by molar-refractivity contribution is 0.835. The van der Waals surface area contributed by atoms with Crippen molar-refractivity contribution in [1.82, 2.24) is 0 Å². The molecule has 0 fully saturated rings. The van der Waals surface area contributed by atoms with Crippen LogP contribution in [0.2, 0.25) is 13.1 Å². The maximum Gasteiger partial charge on any atom is 0.0722 e. The van der Waals surface area contributed by atoms with E-state index in [1.54, 1.807) is 11.1 Å². The van der Waals surface area contributed by atoms with E-state index in [-0.39, 0.29) is 0 Å². The van der Waals surface area contributed by atoms with Crippen molar-refractivity contribution < 1.29 is 0 Å². The van der Waals surface area contributed by atoms with E-state index < -0.39 is 8.07 Å². The number of rotatable bonds is 8. The van der Waals surface area contributed by atoms with Crippen molar-refractivity contribution in [3.63, 3.8) is 0 Å². The molecular weight excluding hydrogens is 581 g/mol. The summed E-state index contributed by atoms with van der Waals surface area (Å²) < 4.78 is 0. The predicted molar refractivity (Wildman–Crippen MR) is 210 cm³/mol. The lowest BCUT2D eigenvalue weighted by Gasteiger charge is -2.39. The third kappa shape index (κ3) is 5.73. The van der Waals surface area contributed by atoms with Crippen LogP contribution >= 0.6 is 0 Å². The highest BCUT2D eigenvalue weighted by Gasteiger charge is 2.47. The second-order valence-corrected chi connectivity index (χ2v) is 21.2. The van der Waals surface area contributed by atoms with Gasteiger partial charge in [0.05, 0.1) is 8.07 Å². The van der Waals surface area contributed by atoms with E-state index in [0.29, 0.717) is 34.8 Å². The minimum Gasteiger partial charge on any atom is -0.0679 e. The molecule has 0 amide bonds. The zero-order chi connectivity index (χ0) is 33.9. The number of hydrogen-bond donors (Lipinski definition) is 0. The molecule has 47 heavy (non-hydrogen) atoms. The lowest BCUT2D eigenvalue weighted by atomic mass is 9.86. The van der Waals surface area contributed by atoms with Crippen LogP contribution in [0.5, 0.6) is 0 Å². The minimum atomic E-state index is -1.97. The predicted octanol–water partition coefficient (Wildman–Crippen LogP) is 14.0. The average Bonchev–Trinajstić information content (AvgIpc) is 3.56. The first kappa shape index (κ1) is 33.5. The summed E-state index contributed by atoms with van der Waals surface area (Å²) in [6, 6.07) is 28.7. The van der Waals surface area contributed by atoms with Gasteiger partial charge in [0.15, 0.2) is 0 Å². The van der Waals surface area contributed by atoms with Crippen LogP contribution in [0.25, 0.3) is 34.4 Å². The van der Waals surface area contributed by atoms with E-state index in [0.717, 1.165) is 0 Å². The Morgan fingerprint density at radius 1 is 0.468 bits per heavy atom. The molecule has 2 unspecified atom stereocenters. The Morgan fingerprint density at radius 2 is 0.851 bits per heavy atom. The van der Waals surface area contributed by atoms with Gasteiger partial charge in [0.25, 0.3) is 0 Å². The van der Waals surface area contributed by atoms with Crippen LogP contribution in [0.3, 0.4) is 0 Å². The zero-order valence-corrected chi connectivity index (χ0v) is 32.0. The van der Waals surface area contributed by atoms with Crippen molar-refractivity contribution >= 4 is 20.2 Å². The molecule has 4 aromatic carbocycles. The molecule has 0 aromatic heterocycles. The highest BCUT2D eigenvalue weighted by molar-refractivity contribution is 6.81. The monoisotopic (exact) mass is 636 g/mol. The van der Waals surface area contributed by atoms with Gasteiger partial charge in [0, 0.05) is 11.1 Å². The number of hydrogen-bond acceptors (Lipinski definition) is 0. The van der Waals surface area contributed by atoms with E-state index in [1.165, 1.54) is 66.8 Å². The Balaban J connectivity index is 1.44. The van der Waals surface area contributed by atoms with E-state index in [1.807, 2.05) is 0 Å². The average molecular weight is 637 g/mol. The third-order valence-electron chi connectivity index (χ3n) is 11.4. The summed E-state index contributed by atoms with van der Waals surface area (Å²) in [6.07, 6.45) is 5.09. The molecule has 4 aromatic rings. The largest absolute Gasteiger partial charge is 0.0722 e. The Labute approximate surface area is 287 Å². The van der Waals surface area contributed by atoms with Crippen molar-refractivity contribution in [1.29, 1.82) is 0 Å². The molecule has 0 saturated carbocycles. The van der Waals surface area contributed by atoms with Gasteiger partial charge in [-0.05, 0) is 104 Å². The van der Waals surface area contributed by atoms with E-state index in [4.69, 9.17) is 0 Å². The molecule has 0 radical (unpaired) electrons. The fourth-order valence-electron chi connectivity index (χ4n) is 9.04. The van der Waals surface area contributed by atoms with Gasteiger partial charge in [0.2, 0.25) is 0 Å². The Bertz CT molecular complexity index is 1750. The van der Waals surface area contributed by atoms with Gasteiger partial charge in [-0.25, -0.2) is 0 Å². The molecular formula is C46H56Si. The Morgan fingerprint density at radius 3 is 1.19 bits per heavy atom. The smallest absolute Gasteiger partial charge is 0.0679 e. The SMILES string of the molecule is CC1=Cc2c(-c3ccc(C(C)C)cc3C(C)C)cccc2C1[Si](C)(C)C1C(C)=Cc2c(-c3ccc(C(C)C)cc3C(C)C)cccc21. The number of fused-ring (bicyclic) bond motifs is 2. The number of benzene rings is 4. The number of allylic oxidation sites excluding steroid dienone is 2. The van der Waals surface area contributed by atoms with Gasteiger partial charge in [-0.3, -0.25) is 0 Å². The van der Waals surface area contributed by atoms with Crippen molar-refractivity contribution in [3.05, 3.63) is 128 Å². The zero-order valence-electron chi connectivity index (χ0n) is 31.0. The molecule has 0 nitrogen and oxygen atoms in total.